The average Bonchev–Trinajstić information content (AvgIpc) is 2.55. The molecular weight excluding hydrogens is 328 g/mol. The summed E-state index contributed by atoms with van der Waals surface area (Å²) in [6, 6.07) is 7.44. The Labute approximate surface area is 146 Å². The predicted molar refractivity (Wildman–Crippen MR) is 93.9 cm³/mol. The molecule has 1 rings (SSSR count). The molecule has 6 nitrogen and oxygen atoms in total. The van der Waals surface area contributed by atoms with Gasteiger partial charge in [0.25, 0.3) is 5.91 Å². The molecule has 24 heavy (non-hydrogen) atoms. The normalized spacial score (nSPS) is 10.1. The second kappa shape index (κ2) is 11.5. The van der Waals surface area contributed by atoms with E-state index in [2.05, 4.69) is 10.6 Å². The number of unbranched alkanes of at least 4 members (excludes halogenated alkanes) is 1. The third-order valence-corrected chi connectivity index (χ3v) is 4.04. The predicted octanol–water partition coefficient (Wildman–Crippen LogP) is 2.65. The summed E-state index contributed by atoms with van der Waals surface area (Å²) in [5, 5.41) is 4.65. The monoisotopic (exact) mass is 352 g/mol. The van der Waals surface area contributed by atoms with E-state index in [1.165, 1.54) is 5.56 Å². The largest absolute Gasteiger partial charge is 0.456 e. The van der Waals surface area contributed by atoms with Gasteiger partial charge in [-0.2, -0.15) is 0 Å². The molecule has 0 aliphatic heterocycles. The number of imide groups is 1. The van der Waals surface area contributed by atoms with Gasteiger partial charge in [0.2, 0.25) is 0 Å². The molecule has 7 heteroatoms. The second-order valence-electron chi connectivity index (χ2n) is 5.23. The van der Waals surface area contributed by atoms with Crippen LogP contribution >= 0.6 is 11.8 Å². The average molecular weight is 352 g/mol. The number of carbonyl (C=O) groups excluding carboxylic acids is 3. The van der Waals surface area contributed by atoms with E-state index in [1.807, 2.05) is 38.1 Å². The number of thioether (sulfide) groups is 1. The first-order valence-corrected chi connectivity index (χ1v) is 8.92. The van der Waals surface area contributed by atoms with Gasteiger partial charge >= 0.3 is 12.0 Å². The summed E-state index contributed by atoms with van der Waals surface area (Å²) in [7, 11) is 0. The third kappa shape index (κ3) is 9.19. The number of carbonyl (C=O) groups is 3. The fraction of sp³-hybridized carbons (Fsp3) is 0.471. The minimum absolute atomic E-state index is 0.203. The SMILES string of the molecule is CCCCNC(=O)NC(=O)COC(=O)CCSc1ccc(C)cc1. The van der Waals surface area contributed by atoms with Crippen LogP contribution in [-0.2, 0) is 14.3 Å². The molecule has 132 valence electrons. The first-order valence-electron chi connectivity index (χ1n) is 7.94. The molecule has 3 amide bonds. The lowest BCUT2D eigenvalue weighted by Crippen LogP contribution is -2.41. The molecule has 0 atom stereocenters. The minimum atomic E-state index is -0.636. The van der Waals surface area contributed by atoms with Crippen LogP contribution in [0.25, 0.3) is 0 Å². The molecule has 0 fully saturated rings. The van der Waals surface area contributed by atoms with Crippen molar-refractivity contribution >= 4 is 29.7 Å². The molecule has 0 aromatic heterocycles. The van der Waals surface area contributed by atoms with Crippen molar-refractivity contribution in [2.75, 3.05) is 18.9 Å². The number of urea groups is 1. The Morgan fingerprint density at radius 2 is 1.88 bits per heavy atom. The first kappa shape index (κ1) is 20.0. The Morgan fingerprint density at radius 1 is 1.17 bits per heavy atom. The third-order valence-electron chi connectivity index (χ3n) is 3.03. The molecule has 0 heterocycles. The fourth-order valence-electron chi connectivity index (χ4n) is 1.69. The van der Waals surface area contributed by atoms with E-state index in [-0.39, 0.29) is 6.42 Å². The molecule has 0 saturated carbocycles. The molecule has 0 saturated heterocycles. The van der Waals surface area contributed by atoms with E-state index in [4.69, 9.17) is 4.74 Å². The van der Waals surface area contributed by atoms with Crippen molar-refractivity contribution < 1.29 is 19.1 Å². The number of aryl methyl sites for hydroxylation is 1. The van der Waals surface area contributed by atoms with Crippen molar-refractivity contribution in [1.82, 2.24) is 10.6 Å². The summed E-state index contributed by atoms with van der Waals surface area (Å²) >= 11 is 1.55. The van der Waals surface area contributed by atoms with Crippen LogP contribution in [0.3, 0.4) is 0 Å². The van der Waals surface area contributed by atoms with Gasteiger partial charge in [0.05, 0.1) is 6.42 Å². The van der Waals surface area contributed by atoms with Crippen molar-refractivity contribution in [2.24, 2.45) is 0 Å². The zero-order valence-corrected chi connectivity index (χ0v) is 14.9. The van der Waals surface area contributed by atoms with Gasteiger partial charge in [0.15, 0.2) is 6.61 Å². The number of amides is 3. The van der Waals surface area contributed by atoms with Gasteiger partial charge in [-0.3, -0.25) is 14.9 Å². The van der Waals surface area contributed by atoms with Crippen LogP contribution in [-0.4, -0.2) is 36.8 Å². The highest BCUT2D eigenvalue weighted by molar-refractivity contribution is 7.99. The highest BCUT2D eigenvalue weighted by Gasteiger charge is 2.10. The van der Waals surface area contributed by atoms with Crippen LogP contribution in [0.15, 0.2) is 29.2 Å². The van der Waals surface area contributed by atoms with E-state index >= 15 is 0 Å². The van der Waals surface area contributed by atoms with Gasteiger partial charge in [-0.15, -0.1) is 11.8 Å². The molecule has 2 N–H and O–H groups in total. The van der Waals surface area contributed by atoms with E-state index in [1.54, 1.807) is 11.8 Å². The zero-order valence-electron chi connectivity index (χ0n) is 14.1. The maximum absolute atomic E-state index is 11.6. The summed E-state index contributed by atoms with van der Waals surface area (Å²) in [4.78, 5) is 35.5. The van der Waals surface area contributed by atoms with Crippen molar-refractivity contribution in [1.29, 1.82) is 0 Å². The second-order valence-corrected chi connectivity index (χ2v) is 6.40. The number of ether oxygens (including phenoxy) is 1. The number of rotatable bonds is 9. The molecule has 1 aromatic carbocycles. The molecule has 0 aliphatic carbocycles. The first-order chi connectivity index (χ1) is 11.5. The summed E-state index contributed by atoms with van der Waals surface area (Å²) in [5.74, 6) is -0.527. The summed E-state index contributed by atoms with van der Waals surface area (Å²) < 4.78 is 4.84. The molecule has 0 spiro atoms. The van der Waals surface area contributed by atoms with Gasteiger partial charge in [-0.25, -0.2) is 4.79 Å². The Morgan fingerprint density at radius 3 is 2.54 bits per heavy atom. The molecule has 0 unspecified atom stereocenters. The van der Waals surface area contributed by atoms with Crippen LogP contribution in [0.1, 0.15) is 31.7 Å². The van der Waals surface area contributed by atoms with Gasteiger partial charge in [0.1, 0.15) is 0 Å². The maximum Gasteiger partial charge on any atom is 0.321 e. The number of nitrogens with one attached hydrogen (secondary N) is 2. The quantitative estimate of drug-likeness (QED) is 0.405. The minimum Gasteiger partial charge on any atom is -0.456 e. The Balaban J connectivity index is 2.13. The van der Waals surface area contributed by atoms with Gasteiger partial charge in [0, 0.05) is 17.2 Å². The van der Waals surface area contributed by atoms with E-state index < -0.39 is 24.5 Å². The number of hydrogen-bond acceptors (Lipinski definition) is 5. The molecule has 0 aliphatic rings. The number of esters is 1. The van der Waals surface area contributed by atoms with Gasteiger partial charge < -0.3 is 10.1 Å². The lowest BCUT2D eigenvalue weighted by atomic mass is 10.2. The van der Waals surface area contributed by atoms with Crippen molar-refractivity contribution in [3.8, 4) is 0 Å². The topological polar surface area (TPSA) is 84.5 Å². The number of benzene rings is 1. The van der Waals surface area contributed by atoms with Crippen molar-refractivity contribution in [2.45, 2.75) is 38.0 Å². The Bertz CT molecular complexity index is 546. The van der Waals surface area contributed by atoms with E-state index in [0.29, 0.717) is 12.3 Å². The lowest BCUT2D eigenvalue weighted by molar-refractivity contribution is -0.147. The molecule has 0 radical (unpaired) electrons. The summed E-state index contributed by atoms with van der Waals surface area (Å²) in [6.45, 7) is 4.07. The van der Waals surface area contributed by atoms with Crippen LogP contribution in [0, 0.1) is 6.92 Å². The Kier molecular flexibility index (Phi) is 9.60. The fourth-order valence-corrected chi connectivity index (χ4v) is 2.52. The molecular formula is C17H24N2O4S. The van der Waals surface area contributed by atoms with Crippen molar-refractivity contribution in [3.63, 3.8) is 0 Å². The molecule has 1 aromatic rings. The molecule has 0 bridgehead atoms. The van der Waals surface area contributed by atoms with Crippen molar-refractivity contribution in [3.05, 3.63) is 29.8 Å². The standard InChI is InChI=1S/C17H24N2O4S/c1-3-4-10-18-17(22)19-15(20)12-23-16(21)9-11-24-14-7-5-13(2)6-8-14/h5-8H,3-4,9-12H2,1-2H3,(H2,18,19,20,22). The number of hydrogen-bond donors (Lipinski definition) is 2. The van der Waals surface area contributed by atoms with Gasteiger partial charge in [-0.1, -0.05) is 31.0 Å². The highest BCUT2D eigenvalue weighted by Crippen LogP contribution is 2.19. The summed E-state index contributed by atoms with van der Waals surface area (Å²) in [5.41, 5.74) is 1.18. The maximum atomic E-state index is 11.6. The van der Waals surface area contributed by atoms with E-state index in [9.17, 15) is 14.4 Å². The zero-order chi connectivity index (χ0) is 17.8. The lowest BCUT2D eigenvalue weighted by Gasteiger charge is -2.07. The van der Waals surface area contributed by atoms with Gasteiger partial charge in [-0.05, 0) is 25.5 Å². The van der Waals surface area contributed by atoms with Crippen LogP contribution in [0.4, 0.5) is 4.79 Å². The van der Waals surface area contributed by atoms with E-state index in [0.717, 1.165) is 17.7 Å². The van der Waals surface area contributed by atoms with Crippen LogP contribution < -0.4 is 10.6 Å². The smallest absolute Gasteiger partial charge is 0.321 e. The Hall–Kier alpha value is -2.02. The van der Waals surface area contributed by atoms with Crippen LogP contribution in [0.2, 0.25) is 0 Å². The highest BCUT2D eigenvalue weighted by atomic mass is 32.2. The summed E-state index contributed by atoms with van der Waals surface area (Å²) in [6.07, 6.45) is 2.00. The van der Waals surface area contributed by atoms with Crippen LogP contribution in [0.5, 0.6) is 0 Å².